The van der Waals surface area contributed by atoms with Gasteiger partial charge in [-0.1, -0.05) is 42.2 Å². The number of benzene rings is 2. The normalized spacial score (nSPS) is 9.43. The molecule has 5 nitrogen and oxygen atoms in total. The molecule has 0 unspecified atom stereocenters. The maximum Gasteiger partial charge on any atom is 0.408 e. The fourth-order valence-corrected chi connectivity index (χ4v) is 1.77. The Morgan fingerprint density at radius 1 is 1.22 bits per heavy atom. The number of aromatic hydroxyl groups is 1. The highest BCUT2D eigenvalue weighted by molar-refractivity contribution is 5.67. The van der Waals surface area contributed by atoms with Gasteiger partial charge in [0.15, 0.2) is 0 Å². The summed E-state index contributed by atoms with van der Waals surface area (Å²) < 4.78 is 10.1. The van der Waals surface area contributed by atoms with E-state index in [1.54, 1.807) is 12.1 Å². The van der Waals surface area contributed by atoms with Crippen LogP contribution >= 0.6 is 0 Å². The van der Waals surface area contributed by atoms with Gasteiger partial charge in [-0.05, 0) is 23.8 Å². The van der Waals surface area contributed by atoms with Crippen molar-refractivity contribution in [3.8, 4) is 23.3 Å². The number of carbonyl (C=O) groups is 1. The molecule has 23 heavy (non-hydrogen) atoms. The van der Waals surface area contributed by atoms with Crippen LogP contribution in [0.25, 0.3) is 0 Å². The van der Waals surface area contributed by atoms with Gasteiger partial charge in [0.1, 0.15) is 18.1 Å². The van der Waals surface area contributed by atoms with Crippen LogP contribution in [-0.4, -0.2) is 24.9 Å². The molecule has 0 aromatic heterocycles. The molecule has 5 heteroatoms. The van der Waals surface area contributed by atoms with Crippen LogP contribution in [0.2, 0.25) is 0 Å². The fraction of sp³-hybridized carbons (Fsp3) is 0.167. The zero-order valence-corrected chi connectivity index (χ0v) is 12.7. The first-order valence-electron chi connectivity index (χ1n) is 6.99. The van der Waals surface area contributed by atoms with E-state index in [-0.39, 0.29) is 18.9 Å². The fourth-order valence-electron chi connectivity index (χ4n) is 1.77. The quantitative estimate of drug-likeness (QED) is 0.852. The number of nitrogens with one attached hydrogen (secondary N) is 1. The van der Waals surface area contributed by atoms with Gasteiger partial charge in [-0.25, -0.2) is 4.79 Å². The number of methoxy groups -OCH3 is 1. The van der Waals surface area contributed by atoms with Crippen LogP contribution in [0.1, 0.15) is 11.1 Å². The lowest BCUT2D eigenvalue weighted by molar-refractivity contribution is 0.141. The van der Waals surface area contributed by atoms with E-state index in [0.717, 1.165) is 5.56 Å². The van der Waals surface area contributed by atoms with Crippen molar-refractivity contribution in [3.05, 3.63) is 59.7 Å². The summed E-state index contributed by atoms with van der Waals surface area (Å²) in [6, 6.07) is 14.2. The highest BCUT2D eigenvalue weighted by atomic mass is 16.5. The Morgan fingerprint density at radius 3 is 2.74 bits per heavy atom. The molecule has 2 aromatic rings. The molecule has 118 valence electrons. The van der Waals surface area contributed by atoms with Crippen molar-refractivity contribution in [2.24, 2.45) is 0 Å². The molecule has 2 N–H and O–H groups in total. The van der Waals surface area contributed by atoms with Crippen LogP contribution in [0.4, 0.5) is 4.79 Å². The van der Waals surface area contributed by atoms with E-state index in [1.807, 2.05) is 30.3 Å². The lowest BCUT2D eigenvalue weighted by Gasteiger charge is -2.04. The van der Waals surface area contributed by atoms with E-state index in [4.69, 9.17) is 9.47 Å². The zero-order valence-electron chi connectivity index (χ0n) is 12.7. The zero-order chi connectivity index (χ0) is 16.5. The molecule has 0 aliphatic heterocycles. The average Bonchev–Trinajstić information content (AvgIpc) is 2.59. The lowest BCUT2D eigenvalue weighted by Crippen LogP contribution is -2.24. The predicted molar refractivity (Wildman–Crippen MR) is 86.2 cm³/mol. The number of rotatable bonds is 4. The van der Waals surface area contributed by atoms with Gasteiger partial charge in [0.05, 0.1) is 19.2 Å². The van der Waals surface area contributed by atoms with Crippen molar-refractivity contribution in [1.82, 2.24) is 5.32 Å². The minimum atomic E-state index is -0.544. The number of hydrogen-bond donors (Lipinski definition) is 2. The lowest BCUT2D eigenvalue weighted by atomic mass is 10.2. The summed E-state index contributed by atoms with van der Waals surface area (Å²) >= 11 is 0. The molecular formula is C18H17NO4. The van der Waals surface area contributed by atoms with Crippen molar-refractivity contribution < 1.29 is 19.4 Å². The minimum Gasteiger partial charge on any atom is -0.507 e. The Kier molecular flexibility index (Phi) is 5.89. The van der Waals surface area contributed by atoms with E-state index in [1.165, 1.54) is 13.2 Å². The molecule has 1 amide bonds. The Bertz CT molecular complexity index is 717. The summed E-state index contributed by atoms with van der Waals surface area (Å²) in [7, 11) is 1.54. The predicted octanol–water partition coefficient (Wildman–Crippen LogP) is 2.68. The summed E-state index contributed by atoms with van der Waals surface area (Å²) in [6.45, 7) is 0.320. The number of ether oxygens (including phenoxy) is 2. The summed E-state index contributed by atoms with van der Waals surface area (Å²) in [5, 5.41) is 12.2. The smallest absolute Gasteiger partial charge is 0.408 e. The van der Waals surface area contributed by atoms with Crippen LogP contribution < -0.4 is 10.1 Å². The monoisotopic (exact) mass is 311 g/mol. The van der Waals surface area contributed by atoms with Crippen molar-refractivity contribution in [3.63, 3.8) is 0 Å². The van der Waals surface area contributed by atoms with Gasteiger partial charge in [-0.3, -0.25) is 0 Å². The third-order valence-electron chi connectivity index (χ3n) is 2.96. The minimum absolute atomic E-state index is 0.0601. The van der Waals surface area contributed by atoms with Crippen molar-refractivity contribution in [2.75, 3.05) is 13.7 Å². The third-order valence-corrected chi connectivity index (χ3v) is 2.96. The second-order valence-electron chi connectivity index (χ2n) is 4.60. The molecule has 0 aliphatic carbocycles. The Balaban J connectivity index is 1.80. The highest BCUT2D eigenvalue weighted by Gasteiger charge is 2.01. The molecule has 0 fully saturated rings. The van der Waals surface area contributed by atoms with E-state index < -0.39 is 6.09 Å². The Labute approximate surface area is 134 Å². The molecule has 2 rings (SSSR count). The molecule has 0 radical (unpaired) electrons. The average molecular weight is 311 g/mol. The standard InChI is InChI=1S/C18H17NO4/c1-22-16-9-10-17(20)15(12-16)8-5-11-19-18(21)23-13-14-6-3-2-4-7-14/h2-4,6-7,9-10,12,20H,11,13H2,1H3,(H,19,21). The van der Waals surface area contributed by atoms with E-state index in [9.17, 15) is 9.90 Å². The van der Waals surface area contributed by atoms with Gasteiger partial charge in [-0.2, -0.15) is 0 Å². The molecule has 0 spiro atoms. The molecule has 2 aromatic carbocycles. The molecular weight excluding hydrogens is 294 g/mol. The summed E-state index contributed by atoms with van der Waals surface area (Å²) in [5.74, 6) is 6.17. The van der Waals surface area contributed by atoms with Crippen LogP contribution in [-0.2, 0) is 11.3 Å². The van der Waals surface area contributed by atoms with Crippen molar-refractivity contribution in [2.45, 2.75) is 6.61 Å². The number of phenols is 1. The summed E-state index contributed by atoms with van der Waals surface area (Å²) in [5.41, 5.74) is 1.35. The SMILES string of the molecule is COc1ccc(O)c(C#CCNC(=O)OCc2ccccc2)c1. The molecule has 0 heterocycles. The second-order valence-corrected chi connectivity index (χ2v) is 4.60. The Hall–Kier alpha value is -3.13. The first-order chi connectivity index (χ1) is 11.2. The van der Waals surface area contributed by atoms with E-state index >= 15 is 0 Å². The first kappa shape index (κ1) is 16.2. The van der Waals surface area contributed by atoms with Crippen LogP contribution in [0, 0.1) is 11.8 Å². The molecule has 0 bridgehead atoms. The number of alkyl carbamates (subject to hydrolysis) is 1. The van der Waals surface area contributed by atoms with Crippen LogP contribution in [0.5, 0.6) is 11.5 Å². The van der Waals surface area contributed by atoms with E-state index in [0.29, 0.717) is 11.3 Å². The van der Waals surface area contributed by atoms with Gasteiger partial charge < -0.3 is 19.9 Å². The van der Waals surface area contributed by atoms with Gasteiger partial charge in [-0.15, -0.1) is 0 Å². The van der Waals surface area contributed by atoms with E-state index in [2.05, 4.69) is 17.2 Å². The van der Waals surface area contributed by atoms with Crippen LogP contribution in [0.3, 0.4) is 0 Å². The largest absolute Gasteiger partial charge is 0.507 e. The van der Waals surface area contributed by atoms with Crippen molar-refractivity contribution in [1.29, 1.82) is 0 Å². The maximum absolute atomic E-state index is 11.5. The third kappa shape index (κ3) is 5.29. The van der Waals surface area contributed by atoms with Gasteiger partial charge in [0.25, 0.3) is 0 Å². The van der Waals surface area contributed by atoms with Crippen LogP contribution in [0.15, 0.2) is 48.5 Å². The van der Waals surface area contributed by atoms with Crippen molar-refractivity contribution >= 4 is 6.09 Å². The number of carbonyl (C=O) groups excluding carboxylic acids is 1. The molecule has 0 saturated heterocycles. The maximum atomic E-state index is 11.5. The molecule has 0 atom stereocenters. The van der Waals surface area contributed by atoms with Gasteiger partial charge in [0.2, 0.25) is 0 Å². The number of hydrogen-bond acceptors (Lipinski definition) is 4. The van der Waals surface area contributed by atoms with Gasteiger partial charge >= 0.3 is 6.09 Å². The second kappa shape index (κ2) is 8.35. The van der Waals surface area contributed by atoms with Gasteiger partial charge in [0, 0.05) is 0 Å². The number of amides is 1. The molecule has 0 aliphatic rings. The number of phenolic OH excluding ortho intramolecular Hbond substituents is 1. The highest BCUT2D eigenvalue weighted by Crippen LogP contribution is 2.21. The summed E-state index contributed by atoms with van der Waals surface area (Å²) in [6.07, 6.45) is -0.544. The molecule has 0 saturated carbocycles. The topological polar surface area (TPSA) is 67.8 Å². The summed E-state index contributed by atoms with van der Waals surface area (Å²) in [4.78, 5) is 11.5. The Morgan fingerprint density at radius 2 is 2.00 bits per heavy atom. The first-order valence-corrected chi connectivity index (χ1v) is 6.99.